The van der Waals surface area contributed by atoms with Crippen molar-refractivity contribution in [3.05, 3.63) is 12.3 Å². The van der Waals surface area contributed by atoms with Gasteiger partial charge in [0.05, 0.1) is 24.3 Å². The largest absolute Gasteiger partial charge is 0.371 e. The van der Waals surface area contributed by atoms with Crippen LogP contribution in [0.2, 0.25) is 0 Å². The summed E-state index contributed by atoms with van der Waals surface area (Å²) < 4.78 is 6.46. The average Bonchev–Trinajstić information content (AvgIpc) is 2.80. The van der Waals surface area contributed by atoms with Crippen molar-refractivity contribution < 1.29 is 4.74 Å². The van der Waals surface area contributed by atoms with Crippen LogP contribution < -0.4 is 0 Å². The van der Waals surface area contributed by atoms with E-state index in [0.29, 0.717) is 39.9 Å². The second-order valence-corrected chi connectivity index (χ2v) is 8.61. The Balaban J connectivity index is 1.62. The molecule has 1 saturated heterocycles. The zero-order chi connectivity index (χ0) is 12.3. The van der Waals surface area contributed by atoms with Gasteiger partial charge in [0.2, 0.25) is 0 Å². The van der Waals surface area contributed by atoms with Gasteiger partial charge in [0, 0.05) is 15.6 Å². The molecule has 2 aliphatic heterocycles. The second-order valence-electron chi connectivity index (χ2n) is 6.14. The quantitative estimate of drug-likeness (QED) is 0.600. The Labute approximate surface area is 125 Å². The Kier molecular flexibility index (Phi) is 3.05. The van der Waals surface area contributed by atoms with Crippen LogP contribution >= 0.6 is 31.9 Å². The van der Waals surface area contributed by atoms with Gasteiger partial charge in [0.1, 0.15) is 0 Å². The minimum absolute atomic E-state index is 0.444. The average molecular weight is 377 g/mol. The standard InChI is InChI=1S/C14H19Br2NO/c15-8-1-3-11-13(7-8)18-12-4-2-10(16)9-5-6-17(11)14(9)12/h5-6,8-14H,1-4,7H2. The molecule has 0 aromatic heterocycles. The third kappa shape index (κ3) is 1.75. The maximum Gasteiger partial charge on any atom is 0.0793 e. The lowest BCUT2D eigenvalue weighted by Gasteiger charge is -2.54. The molecule has 0 radical (unpaired) electrons. The van der Waals surface area contributed by atoms with Crippen molar-refractivity contribution >= 4 is 31.9 Å². The molecule has 2 aliphatic carbocycles. The van der Waals surface area contributed by atoms with E-state index in [0.717, 1.165) is 0 Å². The van der Waals surface area contributed by atoms with E-state index in [9.17, 15) is 0 Å². The smallest absolute Gasteiger partial charge is 0.0793 e. The predicted molar refractivity (Wildman–Crippen MR) is 79.2 cm³/mol. The Morgan fingerprint density at radius 2 is 1.94 bits per heavy atom. The number of fused-ring (bicyclic) bond motifs is 2. The molecule has 4 rings (SSSR count). The summed E-state index contributed by atoms with van der Waals surface area (Å²) in [4.78, 5) is 3.95. The zero-order valence-corrected chi connectivity index (χ0v) is 13.5. The number of alkyl halides is 2. The zero-order valence-electron chi connectivity index (χ0n) is 10.3. The number of hydrogen-bond acceptors (Lipinski definition) is 2. The molecule has 0 N–H and O–H groups in total. The van der Waals surface area contributed by atoms with Gasteiger partial charge in [0.25, 0.3) is 0 Å². The Morgan fingerprint density at radius 3 is 2.83 bits per heavy atom. The molecule has 0 spiro atoms. The fourth-order valence-corrected chi connectivity index (χ4v) is 5.71. The first kappa shape index (κ1) is 12.2. The first-order chi connectivity index (χ1) is 8.74. The van der Waals surface area contributed by atoms with Crippen LogP contribution in [-0.2, 0) is 4.74 Å². The highest BCUT2D eigenvalue weighted by atomic mass is 79.9. The van der Waals surface area contributed by atoms with Crippen molar-refractivity contribution in [2.45, 2.75) is 66.1 Å². The summed E-state index contributed by atoms with van der Waals surface area (Å²) in [6, 6.07) is 1.23. The van der Waals surface area contributed by atoms with Crippen LogP contribution in [0.1, 0.15) is 32.1 Å². The Morgan fingerprint density at radius 1 is 1.06 bits per heavy atom. The third-order valence-electron chi connectivity index (χ3n) is 5.17. The molecule has 4 aliphatic rings. The Bertz CT molecular complexity index is 375. The van der Waals surface area contributed by atoms with Crippen molar-refractivity contribution in [3.63, 3.8) is 0 Å². The molecule has 0 amide bonds. The summed E-state index contributed by atoms with van der Waals surface area (Å²) in [5.41, 5.74) is 0. The lowest BCUT2D eigenvalue weighted by atomic mass is 9.79. The summed E-state index contributed by atoms with van der Waals surface area (Å²) in [7, 11) is 0. The number of rotatable bonds is 0. The lowest BCUT2D eigenvalue weighted by molar-refractivity contribution is -0.161. The summed E-state index contributed by atoms with van der Waals surface area (Å²) in [6.45, 7) is 0. The van der Waals surface area contributed by atoms with Gasteiger partial charge < -0.3 is 9.64 Å². The molecule has 3 fully saturated rings. The monoisotopic (exact) mass is 375 g/mol. The molecule has 100 valence electrons. The molecule has 2 saturated carbocycles. The highest BCUT2D eigenvalue weighted by Crippen LogP contribution is 2.47. The minimum Gasteiger partial charge on any atom is -0.371 e. The summed E-state index contributed by atoms with van der Waals surface area (Å²) in [5.74, 6) is 0.659. The fraction of sp³-hybridized carbons (Fsp3) is 0.857. The van der Waals surface area contributed by atoms with E-state index in [4.69, 9.17) is 4.74 Å². The Hall–Kier alpha value is 0.460. The van der Waals surface area contributed by atoms with E-state index in [-0.39, 0.29) is 0 Å². The number of halogens is 2. The van der Waals surface area contributed by atoms with Crippen molar-refractivity contribution in [1.29, 1.82) is 0 Å². The maximum absolute atomic E-state index is 6.46. The predicted octanol–water partition coefficient (Wildman–Crippen LogP) is 3.44. The fourth-order valence-electron chi connectivity index (χ4n) is 4.33. The van der Waals surface area contributed by atoms with Crippen molar-refractivity contribution in [1.82, 2.24) is 4.90 Å². The molecule has 0 bridgehead atoms. The first-order valence-electron chi connectivity index (χ1n) is 7.13. The molecular formula is C14H19Br2NO. The molecule has 2 heterocycles. The molecule has 7 atom stereocenters. The highest BCUT2D eigenvalue weighted by Gasteiger charge is 2.52. The minimum atomic E-state index is 0.444. The number of nitrogens with zero attached hydrogens (tertiary/aromatic N) is 1. The van der Waals surface area contributed by atoms with Gasteiger partial charge in [-0.25, -0.2) is 0 Å². The number of morpholine rings is 1. The van der Waals surface area contributed by atoms with E-state index in [1.807, 2.05) is 0 Å². The third-order valence-corrected chi connectivity index (χ3v) is 7.07. The molecular weight excluding hydrogens is 358 g/mol. The van der Waals surface area contributed by atoms with E-state index >= 15 is 0 Å². The van der Waals surface area contributed by atoms with Crippen LogP contribution in [0.15, 0.2) is 12.3 Å². The van der Waals surface area contributed by atoms with Crippen LogP contribution in [0.5, 0.6) is 0 Å². The van der Waals surface area contributed by atoms with Gasteiger partial charge in [-0.3, -0.25) is 0 Å². The van der Waals surface area contributed by atoms with Crippen LogP contribution in [0.25, 0.3) is 0 Å². The SMILES string of the molecule is BrC1CCC2C(C1)OC1CCC(Br)C3C=CN2C13. The van der Waals surface area contributed by atoms with Gasteiger partial charge in [-0.1, -0.05) is 37.9 Å². The van der Waals surface area contributed by atoms with E-state index in [1.165, 1.54) is 32.1 Å². The molecule has 7 unspecified atom stereocenters. The van der Waals surface area contributed by atoms with Crippen LogP contribution in [0.4, 0.5) is 0 Å². The van der Waals surface area contributed by atoms with Gasteiger partial charge in [-0.05, 0) is 38.3 Å². The maximum atomic E-state index is 6.46. The molecule has 0 aromatic carbocycles. The van der Waals surface area contributed by atoms with Crippen molar-refractivity contribution in [2.75, 3.05) is 0 Å². The number of ether oxygens (including phenoxy) is 1. The van der Waals surface area contributed by atoms with Gasteiger partial charge in [-0.15, -0.1) is 0 Å². The van der Waals surface area contributed by atoms with E-state index < -0.39 is 0 Å². The second kappa shape index (κ2) is 4.49. The van der Waals surface area contributed by atoms with Gasteiger partial charge in [0.15, 0.2) is 0 Å². The summed E-state index contributed by atoms with van der Waals surface area (Å²) >= 11 is 7.64. The van der Waals surface area contributed by atoms with Gasteiger partial charge in [-0.2, -0.15) is 0 Å². The van der Waals surface area contributed by atoms with Crippen LogP contribution in [0.3, 0.4) is 0 Å². The van der Waals surface area contributed by atoms with Crippen molar-refractivity contribution in [3.8, 4) is 0 Å². The normalized spacial score (nSPS) is 54.1. The number of hydrogen-bond donors (Lipinski definition) is 0. The molecule has 0 aromatic rings. The van der Waals surface area contributed by atoms with Crippen molar-refractivity contribution in [2.24, 2.45) is 5.92 Å². The topological polar surface area (TPSA) is 12.5 Å². The van der Waals surface area contributed by atoms with E-state index in [2.05, 4.69) is 49.0 Å². The summed E-state index contributed by atoms with van der Waals surface area (Å²) in [5, 5.41) is 0. The van der Waals surface area contributed by atoms with Crippen LogP contribution in [-0.4, -0.2) is 38.8 Å². The van der Waals surface area contributed by atoms with Crippen LogP contribution in [0, 0.1) is 5.92 Å². The lowest BCUT2D eigenvalue weighted by Crippen LogP contribution is -2.62. The highest BCUT2D eigenvalue weighted by molar-refractivity contribution is 9.09. The molecule has 2 nitrogen and oxygen atoms in total. The van der Waals surface area contributed by atoms with Gasteiger partial charge >= 0.3 is 0 Å². The first-order valence-corrected chi connectivity index (χ1v) is 8.96. The summed E-state index contributed by atoms with van der Waals surface area (Å²) in [6.07, 6.45) is 11.9. The van der Waals surface area contributed by atoms with E-state index in [1.54, 1.807) is 0 Å². The molecule has 4 heteroatoms. The molecule has 18 heavy (non-hydrogen) atoms.